The first kappa shape index (κ1) is 19.4. The molecule has 27 heavy (non-hydrogen) atoms. The Balaban J connectivity index is 1.44. The lowest BCUT2D eigenvalue weighted by molar-refractivity contribution is 0.623. The highest BCUT2D eigenvalue weighted by atomic mass is 19.1. The van der Waals surface area contributed by atoms with E-state index in [9.17, 15) is 4.39 Å². The van der Waals surface area contributed by atoms with Crippen LogP contribution in [0.2, 0.25) is 0 Å². The van der Waals surface area contributed by atoms with Gasteiger partial charge in [-0.2, -0.15) is 0 Å². The summed E-state index contributed by atoms with van der Waals surface area (Å²) in [5.74, 6) is -0.150. The van der Waals surface area contributed by atoms with E-state index in [1.165, 1.54) is 59.1 Å². The van der Waals surface area contributed by atoms with E-state index < -0.39 is 0 Å². The fourth-order valence-corrected chi connectivity index (χ4v) is 3.72. The predicted octanol–water partition coefficient (Wildman–Crippen LogP) is 7.46. The van der Waals surface area contributed by atoms with Crippen LogP contribution in [0.25, 0.3) is 11.1 Å². The SMILES string of the molecule is Cc1ccccc1-c1ccc(CCCCCCc2ccc(F)cc2)cc1C. The van der Waals surface area contributed by atoms with E-state index in [1.807, 2.05) is 12.1 Å². The molecule has 0 saturated heterocycles. The van der Waals surface area contributed by atoms with Crippen LogP contribution < -0.4 is 0 Å². The lowest BCUT2D eigenvalue weighted by atomic mass is 9.94. The Morgan fingerprint density at radius 1 is 0.593 bits per heavy atom. The molecule has 0 N–H and O–H groups in total. The summed E-state index contributed by atoms with van der Waals surface area (Å²) in [6, 6.07) is 22.4. The van der Waals surface area contributed by atoms with Crippen LogP contribution in [0.5, 0.6) is 0 Å². The summed E-state index contributed by atoms with van der Waals surface area (Å²) >= 11 is 0. The van der Waals surface area contributed by atoms with E-state index in [0.717, 1.165) is 12.8 Å². The third-order valence-electron chi connectivity index (χ3n) is 5.32. The first-order chi connectivity index (χ1) is 13.1. The van der Waals surface area contributed by atoms with Crippen molar-refractivity contribution in [3.05, 3.63) is 94.8 Å². The molecule has 0 fully saturated rings. The number of benzene rings is 3. The van der Waals surface area contributed by atoms with Gasteiger partial charge in [-0.15, -0.1) is 0 Å². The molecule has 0 aliphatic heterocycles. The maximum atomic E-state index is 12.9. The Labute approximate surface area is 163 Å². The normalized spacial score (nSPS) is 10.9. The van der Waals surface area contributed by atoms with E-state index in [0.29, 0.717) is 0 Å². The first-order valence-corrected chi connectivity index (χ1v) is 10.0. The molecule has 0 aliphatic rings. The molecule has 1 heteroatoms. The zero-order valence-electron chi connectivity index (χ0n) is 16.5. The second-order valence-corrected chi connectivity index (χ2v) is 7.50. The molecule has 0 heterocycles. The molecule has 0 aliphatic carbocycles. The van der Waals surface area contributed by atoms with Crippen molar-refractivity contribution >= 4 is 0 Å². The third kappa shape index (κ3) is 5.53. The van der Waals surface area contributed by atoms with Crippen molar-refractivity contribution in [2.75, 3.05) is 0 Å². The van der Waals surface area contributed by atoms with Crippen LogP contribution in [0, 0.1) is 19.7 Å². The van der Waals surface area contributed by atoms with Crippen LogP contribution in [0.4, 0.5) is 4.39 Å². The highest BCUT2D eigenvalue weighted by Crippen LogP contribution is 2.27. The van der Waals surface area contributed by atoms with Gasteiger partial charge in [0.15, 0.2) is 0 Å². The molecule has 0 radical (unpaired) electrons. The molecule has 3 rings (SSSR count). The molecule has 0 unspecified atom stereocenters. The lowest BCUT2D eigenvalue weighted by Crippen LogP contribution is -1.92. The summed E-state index contributed by atoms with van der Waals surface area (Å²) in [6.07, 6.45) is 7.08. The Morgan fingerprint density at radius 2 is 1.19 bits per heavy atom. The number of unbranched alkanes of at least 4 members (excludes halogenated alkanes) is 3. The minimum absolute atomic E-state index is 0.150. The second kappa shape index (κ2) is 9.50. The van der Waals surface area contributed by atoms with Gasteiger partial charge >= 0.3 is 0 Å². The number of aryl methyl sites for hydroxylation is 4. The lowest BCUT2D eigenvalue weighted by Gasteiger charge is -2.11. The van der Waals surface area contributed by atoms with Gasteiger partial charge in [0.1, 0.15) is 5.82 Å². The minimum atomic E-state index is -0.150. The van der Waals surface area contributed by atoms with Gasteiger partial charge in [-0.05, 0) is 85.0 Å². The maximum absolute atomic E-state index is 12.9. The van der Waals surface area contributed by atoms with E-state index in [1.54, 1.807) is 12.1 Å². The molecular formula is C26H29F. The van der Waals surface area contributed by atoms with Crippen molar-refractivity contribution < 1.29 is 4.39 Å². The second-order valence-electron chi connectivity index (χ2n) is 7.50. The van der Waals surface area contributed by atoms with Crippen molar-refractivity contribution in [3.63, 3.8) is 0 Å². The monoisotopic (exact) mass is 360 g/mol. The van der Waals surface area contributed by atoms with Crippen molar-refractivity contribution in [3.8, 4) is 11.1 Å². The molecule has 0 nitrogen and oxygen atoms in total. The fraction of sp³-hybridized carbons (Fsp3) is 0.308. The average Bonchev–Trinajstić information content (AvgIpc) is 2.67. The molecular weight excluding hydrogens is 331 g/mol. The van der Waals surface area contributed by atoms with Crippen molar-refractivity contribution in [1.82, 2.24) is 0 Å². The average molecular weight is 361 g/mol. The van der Waals surface area contributed by atoms with Crippen LogP contribution in [0.3, 0.4) is 0 Å². The fourth-order valence-electron chi connectivity index (χ4n) is 3.72. The quantitative estimate of drug-likeness (QED) is 0.366. The minimum Gasteiger partial charge on any atom is -0.207 e. The van der Waals surface area contributed by atoms with Gasteiger partial charge in [0, 0.05) is 0 Å². The molecule has 0 atom stereocenters. The van der Waals surface area contributed by atoms with Gasteiger partial charge in [-0.3, -0.25) is 0 Å². The predicted molar refractivity (Wildman–Crippen MR) is 114 cm³/mol. The zero-order chi connectivity index (χ0) is 19.1. The Bertz CT molecular complexity index is 862. The van der Waals surface area contributed by atoms with E-state index in [4.69, 9.17) is 0 Å². The standard InChI is InChI=1S/C26H29F/c1-20-9-7-8-12-25(20)26-18-15-23(19-21(26)2)11-6-4-3-5-10-22-13-16-24(27)17-14-22/h7-9,12-19H,3-6,10-11H2,1-2H3. The topological polar surface area (TPSA) is 0 Å². The summed E-state index contributed by atoms with van der Waals surface area (Å²) in [5, 5.41) is 0. The summed E-state index contributed by atoms with van der Waals surface area (Å²) < 4.78 is 12.9. The highest BCUT2D eigenvalue weighted by molar-refractivity contribution is 5.70. The van der Waals surface area contributed by atoms with Gasteiger partial charge in [-0.1, -0.05) is 67.4 Å². The number of halogens is 1. The molecule has 0 spiro atoms. The molecule has 0 aromatic heterocycles. The van der Waals surface area contributed by atoms with Crippen LogP contribution in [-0.2, 0) is 12.8 Å². The molecule has 0 saturated carbocycles. The number of hydrogen-bond acceptors (Lipinski definition) is 0. The van der Waals surface area contributed by atoms with Crippen molar-refractivity contribution in [2.45, 2.75) is 52.4 Å². The largest absolute Gasteiger partial charge is 0.207 e. The van der Waals surface area contributed by atoms with Gasteiger partial charge in [0.25, 0.3) is 0 Å². The van der Waals surface area contributed by atoms with E-state index in [-0.39, 0.29) is 5.82 Å². The number of hydrogen-bond donors (Lipinski definition) is 0. The summed E-state index contributed by atoms with van der Waals surface area (Å²) in [4.78, 5) is 0. The molecule has 3 aromatic carbocycles. The Morgan fingerprint density at radius 3 is 1.85 bits per heavy atom. The zero-order valence-corrected chi connectivity index (χ0v) is 16.5. The van der Waals surface area contributed by atoms with Gasteiger partial charge < -0.3 is 0 Å². The van der Waals surface area contributed by atoms with Crippen LogP contribution in [0.1, 0.15) is 47.9 Å². The maximum Gasteiger partial charge on any atom is 0.123 e. The van der Waals surface area contributed by atoms with Crippen LogP contribution >= 0.6 is 0 Å². The van der Waals surface area contributed by atoms with E-state index >= 15 is 0 Å². The van der Waals surface area contributed by atoms with Gasteiger partial charge in [-0.25, -0.2) is 4.39 Å². The smallest absolute Gasteiger partial charge is 0.123 e. The molecule has 3 aromatic rings. The van der Waals surface area contributed by atoms with Crippen LogP contribution in [0.15, 0.2) is 66.7 Å². The van der Waals surface area contributed by atoms with Gasteiger partial charge in [0.05, 0.1) is 0 Å². The van der Waals surface area contributed by atoms with Crippen molar-refractivity contribution in [2.24, 2.45) is 0 Å². The van der Waals surface area contributed by atoms with Crippen molar-refractivity contribution in [1.29, 1.82) is 0 Å². The van der Waals surface area contributed by atoms with Crippen LogP contribution in [-0.4, -0.2) is 0 Å². The van der Waals surface area contributed by atoms with Gasteiger partial charge in [0.2, 0.25) is 0 Å². The number of rotatable bonds is 8. The molecule has 140 valence electrons. The third-order valence-corrected chi connectivity index (χ3v) is 5.32. The summed E-state index contributed by atoms with van der Waals surface area (Å²) in [7, 11) is 0. The highest BCUT2D eigenvalue weighted by Gasteiger charge is 2.05. The summed E-state index contributed by atoms with van der Waals surface area (Å²) in [6.45, 7) is 4.39. The molecule has 0 bridgehead atoms. The Kier molecular flexibility index (Phi) is 6.81. The van der Waals surface area contributed by atoms with E-state index in [2.05, 4.69) is 56.3 Å². The molecule has 0 amide bonds. The first-order valence-electron chi connectivity index (χ1n) is 10.0. The summed E-state index contributed by atoms with van der Waals surface area (Å²) in [5.41, 5.74) is 8.04. The Hall–Kier alpha value is -2.41.